The summed E-state index contributed by atoms with van der Waals surface area (Å²) in [7, 11) is 3.31. The molecule has 2 heterocycles. The van der Waals surface area contributed by atoms with E-state index in [1.54, 1.807) is 14.2 Å². The smallest absolute Gasteiger partial charge is 0.410 e. The van der Waals surface area contributed by atoms with Crippen LogP contribution in [0.1, 0.15) is 79.6 Å². The molecule has 10 heteroatoms. The highest BCUT2D eigenvalue weighted by Crippen LogP contribution is 2.37. The number of benzene rings is 1. The molecule has 10 nitrogen and oxygen atoms in total. The van der Waals surface area contributed by atoms with Gasteiger partial charge in [0.05, 0.1) is 13.7 Å². The van der Waals surface area contributed by atoms with Crippen LogP contribution in [0.3, 0.4) is 0 Å². The van der Waals surface area contributed by atoms with Crippen LogP contribution in [-0.2, 0) is 19.0 Å². The number of carbonyl (C=O) groups excluding carboxylic acids is 2. The van der Waals surface area contributed by atoms with Crippen LogP contribution in [0, 0.1) is 23.7 Å². The lowest BCUT2D eigenvalue weighted by molar-refractivity contribution is -0.134. The van der Waals surface area contributed by atoms with E-state index in [0.717, 1.165) is 51.7 Å². The number of hydrogen-bond acceptors (Lipinski definition) is 8. The minimum atomic E-state index is -0.578. The summed E-state index contributed by atoms with van der Waals surface area (Å²) < 4.78 is 34.7. The van der Waals surface area contributed by atoms with Crippen LogP contribution >= 0.6 is 0 Å². The van der Waals surface area contributed by atoms with Gasteiger partial charge in [0, 0.05) is 71.5 Å². The number of methoxy groups -OCH3 is 2. The van der Waals surface area contributed by atoms with Crippen molar-refractivity contribution in [3.8, 4) is 17.2 Å². The minimum absolute atomic E-state index is 0.104. The molecule has 1 unspecified atom stereocenters. The molecule has 2 saturated heterocycles. The molecule has 2 aliphatic heterocycles. The molecule has 46 heavy (non-hydrogen) atoms. The Morgan fingerprint density at radius 2 is 1.72 bits per heavy atom. The molecule has 0 spiro atoms. The zero-order valence-electron chi connectivity index (χ0n) is 29.3. The molecule has 0 aromatic heterocycles. The van der Waals surface area contributed by atoms with Gasteiger partial charge in [-0.1, -0.05) is 13.8 Å². The molecule has 0 bridgehead atoms. The molecule has 1 aliphatic carbocycles. The van der Waals surface area contributed by atoms with Crippen molar-refractivity contribution < 1.29 is 38.0 Å². The Bertz CT molecular complexity index is 1110. The van der Waals surface area contributed by atoms with Crippen molar-refractivity contribution >= 4 is 12.0 Å². The van der Waals surface area contributed by atoms with Crippen LogP contribution in [-0.4, -0.2) is 99.8 Å². The monoisotopic (exact) mass is 646 g/mol. The molecule has 1 saturated carbocycles. The zero-order chi connectivity index (χ0) is 33.3. The summed E-state index contributed by atoms with van der Waals surface area (Å²) in [6.07, 6.45) is 5.71. The molecule has 1 aromatic rings. The maximum atomic E-state index is 13.7. The second-order valence-electron chi connectivity index (χ2n) is 14.6. The second-order valence-corrected chi connectivity index (χ2v) is 14.6. The highest BCUT2D eigenvalue weighted by molar-refractivity contribution is 5.77. The van der Waals surface area contributed by atoms with Gasteiger partial charge in [0.15, 0.2) is 11.5 Å². The van der Waals surface area contributed by atoms with Crippen LogP contribution in [0.4, 0.5) is 4.79 Å². The van der Waals surface area contributed by atoms with Gasteiger partial charge in [-0.2, -0.15) is 0 Å². The summed E-state index contributed by atoms with van der Waals surface area (Å²) in [4.78, 5) is 30.9. The van der Waals surface area contributed by atoms with Crippen LogP contribution in [0.2, 0.25) is 0 Å². The lowest BCUT2D eigenvalue weighted by Gasteiger charge is -2.32. The van der Waals surface area contributed by atoms with Crippen molar-refractivity contribution in [1.82, 2.24) is 9.80 Å². The molecule has 3 fully saturated rings. The van der Waals surface area contributed by atoms with E-state index >= 15 is 0 Å². The molecule has 2 amide bonds. The first-order valence-electron chi connectivity index (χ1n) is 17.3. The first kappa shape index (κ1) is 36.1. The average Bonchev–Trinajstić information content (AvgIpc) is 3.77. The number of amides is 2. The fourth-order valence-corrected chi connectivity index (χ4v) is 6.45. The maximum absolute atomic E-state index is 13.7. The van der Waals surface area contributed by atoms with Gasteiger partial charge in [0.1, 0.15) is 17.5 Å². The Balaban J connectivity index is 1.49. The van der Waals surface area contributed by atoms with E-state index in [2.05, 4.69) is 18.7 Å². The van der Waals surface area contributed by atoms with Gasteiger partial charge in [-0.3, -0.25) is 4.79 Å². The van der Waals surface area contributed by atoms with Crippen molar-refractivity contribution in [1.29, 1.82) is 0 Å². The van der Waals surface area contributed by atoms with Gasteiger partial charge >= 0.3 is 6.09 Å². The third-order valence-corrected chi connectivity index (χ3v) is 9.22. The SMILES string of the molecule is COCCCOc1cc(OC(C[C@@H]2CN(C(=O)OC(C)(C)C)C[C@H]2CN(C(=O)CC2CCOCC2)C2CC2)C(C)C)ccc1OC. The molecule has 3 atom stereocenters. The van der Waals surface area contributed by atoms with E-state index in [-0.39, 0.29) is 35.9 Å². The highest BCUT2D eigenvalue weighted by Gasteiger charge is 2.43. The standard InChI is InChI=1S/C36H58N2O8/c1-25(2)32(45-30-11-12-31(42-7)33(21-30)44-16-8-15-41-6)20-27-22-37(35(40)46-36(3,4)5)23-28(27)24-38(29-9-10-29)34(39)19-26-13-17-43-18-14-26/h11-12,21,25-29,32H,8-10,13-20,22-24H2,1-7H3/t27-,28+,32?/m1/s1. The molecule has 0 N–H and O–H groups in total. The van der Waals surface area contributed by atoms with E-state index in [0.29, 0.717) is 68.5 Å². The summed E-state index contributed by atoms with van der Waals surface area (Å²) in [5, 5.41) is 0. The minimum Gasteiger partial charge on any atom is -0.493 e. The zero-order valence-corrected chi connectivity index (χ0v) is 29.3. The van der Waals surface area contributed by atoms with Gasteiger partial charge < -0.3 is 38.2 Å². The second kappa shape index (κ2) is 16.9. The third kappa shape index (κ3) is 10.9. The van der Waals surface area contributed by atoms with E-state index in [1.165, 1.54) is 0 Å². The Morgan fingerprint density at radius 3 is 2.35 bits per heavy atom. The third-order valence-electron chi connectivity index (χ3n) is 9.22. The van der Waals surface area contributed by atoms with Gasteiger partial charge in [0.2, 0.25) is 5.91 Å². The number of likely N-dealkylation sites (tertiary alicyclic amines) is 1. The molecule has 260 valence electrons. The molecular weight excluding hydrogens is 588 g/mol. The van der Waals surface area contributed by atoms with Crippen molar-refractivity contribution in [2.24, 2.45) is 23.7 Å². The molecule has 1 aromatic carbocycles. The van der Waals surface area contributed by atoms with Crippen LogP contribution in [0.15, 0.2) is 18.2 Å². The number of nitrogens with zero attached hydrogens (tertiary/aromatic N) is 2. The molecule has 4 rings (SSSR count). The normalized spacial score (nSPS) is 21.3. The summed E-state index contributed by atoms with van der Waals surface area (Å²) in [6, 6.07) is 5.99. The van der Waals surface area contributed by atoms with E-state index in [1.807, 2.05) is 43.9 Å². The Kier molecular flexibility index (Phi) is 13.3. The Morgan fingerprint density at radius 1 is 1.00 bits per heavy atom. The average molecular weight is 647 g/mol. The van der Waals surface area contributed by atoms with Crippen LogP contribution in [0.5, 0.6) is 17.2 Å². The summed E-state index contributed by atoms with van der Waals surface area (Å²) in [5.74, 6) is 3.14. The Labute approximate surface area is 276 Å². The molecule has 3 aliphatic rings. The van der Waals surface area contributed by atoms with E-state index < -0.39 is 5.60 Å². The number of ether oxygens (including phenoxy) is 6. The molecular formula is C36H58N2O8. The van der Waals surface area contributed by atoms with Crippen molar-refractivity contribution in [2.45, 2.75) is 97.3 Å². The topological polar surface area (TPSA) is 96.0 Å². The van der Waals surface area contributed by atoms with Crippen molar-refractivity contribution in [3.05, 3.63) is 18.2 Å². The fourth-order valence-electron chi connectivity index (χ4n) is 6.45. The summed E-state index contributed by atoms with van der Waals surface area (Å²) in [6.45, 7) is 14.4. The van der Waals surface area contributed by atoms with Crippen molar-refractivity contribution in [2.75, 3.05) is 60.3 Å². The van der Waals surface area contributed by atoms with Gasteiger partial charge in [-0.25, -0.2) is 4.79 Å². The Hall–Kier alpha value is -2.72. The largest absolute Gasteiger partial charge is 0.493 e. The van der Waals surface area contributed by atoms with Gasteiger partial charge in [-0.05, 0) is 88.7 Å². The van der Waals surface area contributed by atoms with Gasteiger partial charge in [-0.15, -0.1) is 0 Å². The predicted octanol–water partition coefficient (Wildman–Crippen LogP) is 6.19. The van der Waals surface area contributed by atoms with Crippen molar-refractivity contribution in [3.63, 3.8) is 0 Å². The summed E-state index contributed by atoms with van der Waals surface area (Å²) >= 11 is 0. The predicted molar refractivity (Wildman–Crippen MR) is 177 cm³/mol. The van der Waals surface area contributed by atoms with E-state index in [4.69, 9.17) is 28.4 Å². The van der Waals surface area contributed by atoms with Crippen LogP contribution < -0.4 is 14.2 Å². The molecule has 0 radical (unpaired) electrons. The van der Waals surface area contributed by atoms with Crippen LogP contribution in [0.25, 0.3) is 0 Å². The first-order chi connectivity index (χ1) is 22.0. The first-order valence-corrected chi connectivity index (χ1v) is 17.3. The highest BCUT2D eigenvalue weighted by atomic mass is 16.6. The number of rotatable bonds is 16. The maximum Gasteiger partial charge on any atom is 0.410 e. The lowest BCUT2D eigenvalue weighted by atomic mass is 9.86. The lowest BCUT2D eigenvalue weighted by Crippen LogP contribution is -2.41. The summed E-state index contributed by atoms with van der Waals surface area (Å²) in [5.41, 5.74) is -0.578. The number of carbonyl (C=O) groups is 2. The van der Waals surface area contributed by atoms with E-state index in [9.17, 15) is 9.59 Å². The van der Waals surface area contributed by atoms with Gasteiger partial charge in [0.25, 0.3) is 0 Å². The fraction of sp³-hybridized carbons (Fsp3) is 0.778. The quantitative estimate of drug-likeness (QED) is 0.196. The number of hydrogen-bond donors (Lipinski definition) is 0.